The Labute approximate surface area is 137 Å². The van der Waals surface area contributed by atoms with Gasteiger partial charge in [-0.2, -0.15) is 0 Å². The third-order valence-corrected chi connectivity index (χ3v) is 4.89. The van der Waals surface area contributed by atoms with E-state index in [-0.39, 0.29) is 11.3 Å². The first-order valence-electron chi connectivity index (χ1n) is 8.38. The van der Waals surface area contributed by atoms with E-state index in [4.69, 9.17) is 4.98 Å². The normalized spacial score (nSPS) is 21.7. The Morgan fingerprint density at radius 1 is 1.43 bits per heavy atom. The van der Waals surface area contributed by atoms with Gasteiger partial charge in [-0.15, -0.1) is 0 Å². The number of hydrogen-bond donors (Lipinski definition) is 0. The molecule has 0 bridgehead atoms. The minimum atomic E-state index is -0.0910. The van der Waals surface area contributed by atoms with Crippen LogP contribution in [0.1, 0.15) is 38.8 Å². The first kappa shape index (κ1) is 15.8. The standard InChI is InChI=1S/C18H26N4O/c1-5-16(23)22-11-7-9-18(2,13-22)15-12-21-10-6-8-14(21)17(19-15)20(3)4/h6,8,10,12H,5,7,9,11,13H2,1-4H3/t18-/m0/s1. The van der Waals surface area contributed by atoms with Crippen LogP contribution in [-0.4, -0.2) is 47.4 Å². The van der Waals surface area contributed by atoms with Crippen LogP contribution in [0.15, 0.2) is 24.5 Å². The fourth-order valence-corrected chi connectivity index (χ4v) is 3.53. The zero-order chi connectivity index (χ0) is 16.6. The van der Waals surface area contributed by atoms with Crippen LogP contribution in [0.5, 0.6) is 0 Å². The van der Waals surface area contributed by atoms with E-state index in [1.165, 1.54) is 0 Å². The summed E-state index contributed by atoms with van der Waals surface area (Å²) in [6.07, 6.45) is 6.86. The van der Waals surface area contributed by atoms with Gasteiger partial charge in [-0.3, -0.25) is 4.79 Å². The number of anilines is 1. The monoisotopic (exact) mass is 314 g/mol. The van der Waals surface area contributed by atoms with Gasteiger partial charge in [-0.05, 0) is 25.0 Å². The van der Waals surface area contributed by atoms with E-state index in [0.717, 1.165) is 43.0 Å². The average molecular weight is 314 g/mol. The average Bonchev–Trinajstić information content (AvgIpc) is 3.01. The summed E-state index contributed by atoms with van der Waals surface area (Å²) in [4.78, 5) is 21.1. The maximum atomic E-state index is 12.1. The largest absolute Gasteiger partial charge is 0.361 e. The molecule has 1 fully saturated rings. The summed E-state index contributed by atoms with van der Waals surface area (Å²) in [5.41, 5.74) is 2.09. The van der Waals surface area contributed by atoms with Gasteiger partial charge in [-0.25, -0.2) is 4.98 Å². The van der Waals surface area contributed by atoms with Gasteiger partial charge in [-0.1, -0.05) is 13.8 Å². The second-order valence-electron chi connectivity index (χ2n) is 6.98. The van der Waals surface area contributed by atoms with Gasteiger partial charge in [0.15, 0.2) is 5.82 Å². The number of nitrogens with zero attached hydrogens (tertiary/aromatic N) is 4. The van der Waals surface area contributed by atoms with Crippen LogP contribution < -0.4 is 4.90 Å². The summed E-state index contributed by atoms with van der Waals surface area (Å²) in [5.74, 6) is 1.22. The number of aromatic nitrogens is 2. The van der Waals surface area contributed by atoms with E-state index in [9.17, 15) is 4.79 Å². The molecule has 0 aromatic carbocycles. The van der Waals surface area contributed by atoms with Crippen molar-refractivity contribution < 1.29 is 4.79 Å². The molecule has 3 rings (SSSR count). The molecule has 1 aliphatic rings. The highest BCUT2D eigenvalue weighted by Gasteiger charge is 2.36. The van der Waals surface area contributed by atoms with Gasteiger partial charge in [0, 0.05) is 51.4 Å². The van der Waals surface area contributed by atoms with E-state index in [1.807, 2.05) is 32.0 Å². The third-order valence-electron chi connectivity index (χ3n) is 4.89. The highest BCUT2D eigenvalue weighted by atomic mass is 16.2. The highest BCUT2D eigenvalue weighted by molar-refractivity contribution is 5.76. The molecule has 1 saturated heterocycles. The van der Waals surface area contributed by atoms with Crippen LogP contribution in [0.3, 0.4) is 0 Å². The van der Waals surface area contributed by atoms with Crippen molar-refractivity contribution in [3.8, 4) is 0 Å². The summed E-state index contributed by atoms with van der Waals surface area (Å²) >= 11 is 0. The topological polar surface area (TPSA) is 40.9 Å². The Balaban J connectivity index is 2.02. The number of rotatable bonds is 3. The van der Waals surface area contributed by atoms with Crippen molar-refractivity contribution in [2.24, 2.45) is 0 Å². The molecule has 2 aromatic rings. The molecule has 1 aliphatic heterocycles. The summed E-state index contributed by atoms with van der Waals surface area (Å²) in [5, 5.41) is 0. The minimum absolute atomic E-state index is 0.0910. The second-order valence-corrected chi connectivity index (χ2v) is 6.98. The summed E-state index contributed by atoms with van der Waals surface area (Å²) < 4.78 is 2.14. The maximum Gasteiger partial charge on any atom is 0.222 e. The Bertz CT molecular complexity index is 721. The van der Waals surface area contributed by atoms with E-state index in [2.05, 4.69) is 34.7 Å². The number of carbonyl (C=O) groups excluding carboxylic acids is 1. The molecule has 0 unspecified atom stereocenters. The first-order valence-corrected chi connectivity index (χ1v) is 8.38. The second kappa shape index (κ2) is 5.87. The minimum Gasteiger partial charge on any atom is -0.361 e. The molecule has 23 heavy (non-hydrogen) atoms. The molecule has 0 saturated carbocycles. The molecular formula is C18H26N4O. The SMILES string of the molecule is CCC(=O)N1CCC[C@](C)(c2cn3cccc3c(N(C)C)n2)C1. The van der Waals surface area contributed by atoms with Gasteiger partial charge < -0.3 is 14.2 Å². The van der Waals surface area contributed by atoms with Crippen LogP contribution in [0.2, 0.25) is 0 Å². The van der Waals surface area contributed by atoms with E-state index < -0.39 is 0 Å². The van der Waals surface area contributed by atoms with Crippen molar-refractivity contribution in [1.82, 2.24) is 14.3 Å². The lowest BCUT2D eigenvalue weighted by atomic mass is 9.79. The molecule has 5 heteroatoms. The van der Waals surface area contributed by atoms with Crippen LogP contribution in [0.4, 0.5) is 5.82 Å². The molecule has 2 aromatic heterocycles. The Hall–Kier alpha value is -2.04. The summed E-state index contributed by atoms with van der Waals surface area (Å²) in [6, 6.07) is 4.13. The molecule has 0 spiro atoms. The zero-order valence-electron chi connectivity index (χ0n) is 14.5. The molecular weight excluding hydrogens is 288 g/mol. The molecule has 124 valence electrons. The van der Waals surface area contributed by atoms with E-state index >= 15 is 0 Å². The van der Waals surface area contributed by atoms with Crippen molar-refractivity contribution in [3.63, 3.8) is 0 Å². The number of carbonyl (C=O) groups is 1. The summed E-state index contributed by atoms with van der Waals surface area (Å²) in [6.45, 7) is 5.79. The van der Waals surface area contributed by atoms with E-state index in [1.54, 1.807) is 0 Å². The number of fused-ring (bicyclic) bond motifs is 1. The van der Waals surface area contributed by atoms with Crippen LogP contribution in [0, 0.1) is 0 Å². The fourth-order valence-electron chi connectivity index (χ4n) is 3.53. The zero-order valence-corrected chi connectivity index (χ0v) is 14.5. The van der Waals surface area contributed by atoms with Gasteiger partial charge in [0.2, 0.25) is 5.91 Å². The summed E-state index contributed by atoms with van der Waals surface area (Å²) in [7, 11) is 4.05. The predicted molar refractivity (Wildman–Crippen MR) is 93.0 cm³/mol. The van der Waals surface area contributed by atoms with Crippen molar-refractivity contribution >= 4 is 17.2 Å². The lowest BCUT2D eigenvalue weighted by Crippen LogP contribution is -2.47. The highest BCUT2D eigenvalue weighted by Crippen LogP contribution is 2.34. The van der Waals surface area contributed by atoms with Crippen LogP contribution in [0.25, 0.3) is 5.52 Å². The van der Waals surface area contributed by atoms with Gasteiger partial charge in [0.25, 0.3) is 0 Å². The Morgan fingerprint density at radius 2 is 2.22 bits per heavy atom. The van der Waals surface area contributed by atoms with Crippen molar-refractivity contribution in [2.75, 3.05) is 32.1 Å². The number of piperidine rings is 1. The van der Waals surface area contributed by atoms with Crippen molar-refractivity contribution in [3.05, 3.63) is 30.2 Å². The smallest absolute Gasteiger partial charge is 0.222 e. The maximum absolute atomic E-state index is 12.1. The predicted octanol–water partition coefficient (Wildman–Crippen LogP) is 2.69. The molecule has 5 nitrogen and oxygen atoms in total. The van der Waals surface area contributed by atoms with Gasteiger partial charge in [0.05, 0.1) is 11.2 Å². The number of likely N-dealkylation sites (tertiary alicyclic amines) is 1. The number of amides is 1. The quantitative estimate of drug-likeness (QED) is 0.874. The van der Waals surface area contributed by atoms with Gasteiger partial charge in [0.1, 0.15) is 0 Å². The van der Waals surface area contributed by atoms with Crippen LogP contribution in [-0.2, 0) is 10.2 Å². The Kier molecular flexibility index (Phi) is 4.04. The molecule has 0 aliphatic carbocycles. The van der Waals surface area contributed by atoms with Crippen LogP contribution >= 0.6 is 0 Å². The number of hydrogen-bond acceptors (Lipinski definition) is 3. The van der Waals surface area contributed by atoms with Gasteiger partial charge >= 0.3 is 0 Å². The molecule has 1 amide bonds. The lowest BCUT2D eigenvalue weighted by Gasteiger charge is -2.40. The van der Waals surface area contributed by atoms with E-state index in [0.29, 0.717) is 6.42 Å². The fraction of sp³-hybridized carbons (Fsp3) is 0.556. The first-order chi connectivity index (χ1) is 10.9. The van der Waals surface area contributed by atoms with Crippen molar-refractivity contribution in [2.45, 2.75) is 38.5 Å². The lowest BCUT2D eigenvalue weighted by molar-refractivity contribution is -0.133. The molecule has 3 heterocycles. The molecule has 0 N–H and O–H groups in total. The van der Waals surface area contributed by atoms with Crippen molar-refractivity contribution in [1.29, 1.82) is 0 Å². The third kappa shape index (κ3) is 2.80. The Morgan fingerprint density at radius 3 is 2.91 bits per heavy atom. The molecule has 1 atom stereocenters. The molecule has 0 radical (unpaired) electrons.